The number of pyridine rings is 1. The highest BCUT2D eigenvalue weighted by Gasteiger charge is 2.34. The number of aromatic nitrogens is 1. The first kappa shape index (κ1) is 30.0. The van der Waals surface area contributed by atoms with Crippen molar-refractivity contribution in [2.75, 3.05) is 26.7 Å². The fraction of sp³-hybridized carbons (Fsp3) is 0.355. The highest BCUT2D eigenvalue weighted by molar-refractivity contribution is 5.97. The number of nitrogens with zero attached hydrogens (tertiary/aromatic N) is 3. The summed E-state index contributed by atoms with van der Waals surface area (Å²) < 4.78 is 59.0. The zero-order valence-electron chi connectivity index (χ0n) is 23.0. The third-order valence-corrected chi connectivity index (χ3v) is 6.91. The lowest BCUT2D eigenvalue weighted by Crippen LogP contribution is -2.49. The van der Waals surface area contributed by atoms with E-state index in [2.05, 4.69) is 16.8 Å². The molecule has 1 amide bonds. The van der Waals surface area contributed by atoms with E-state index in [9.17, 15) is 27.5 Å². The van der Waals surface area contributed by atoms with Gasteiger partial charge in [-0.05, 0) is 55.9 Å². The lowest BCUT2D eigenvalue weighted by atomic mass is 9.99. The van der Waals surface area contributed by atoms with Crippen LogP contribution >= 0.6 is 0 Å². The van der Waals surface area contributed by atoms with Gasteiger partial charge in [0.15, 0.2) is 0 Å². The molecule has 41 heavy (non-hydrogen) atoms. The number of hydrogen-bond acceptors (Lipinski definition) is 5. The second-order valence-electron chi connectivity index (χ2n) is 10.4. The number of carbonyl (C=O) groups is 1. The smallest absolute Gasteiger partial charge is 0.416 e. The average molecular weight is 570 g/mol. The van der Waals surface area contributed by atoms with Crippen LogP contribution in [0.2, 0.25) is 0 Å². The van der Waals surface area contributed by atoms with Gasteiger partial charge in [-0.2, -0.15) is 13.2 Å². The van der Waals surface area contributed by atoms with E-state index in [1.807, 2.05) is 11.8 Å². The van der Waals surface area contributed by atoms with Crippen molar-refractivity contribution in [3.8, 4) is 17.7 Å². The Bertz CT molecular complexity index is 1430. The fourth-order valence-electron chi connectivity index (χ4n) is 4.60. The van der Waals surface area contributed by atoms with Crippen LogP contribution in [-0.2, 0) is 12.7 Å². The van der Waals surface area contributed by atoms with Crippen LogP contribution < -0.4 is 4.74 Å². The molecule has 0 saturated carbocycles. The van der Waals surface area contributed by atoms with Gasteiger partial charge in [-0.15, -0.1) is 0 Å². The van der Waals surface area contributed by atoms with E-state index in [-0.39, 0.29) is 48.8 Å². The minimum absolute atomic E-state index is 0.112. The lowest BCUT2D eigenvalue weighted by molar-refractivity contribution is -0.137. The van der Waals surface area contributed by atoms with E-state index in [4.69, 9.17) is 4.74 Å². The maximum absolute atomic E-state index is 13.6. The molecule has 0 bridgehead atoms. The summed E-state index contributed by atoms with van der Waals surface area (Å²) in [5.41, 5.74) is 1.04. The number of rotatable bonds is 6. The second kappa shape index (κ2) is 12.7. The largest absolute Gasteiger partial charge is 0.472 e. The van der Waals surface area contributed by atoms with Crippen LogP contribution in [0.1, 0.15) is 46.5 Å². The van der Waals surface area contributed by atoms with E-state index in [1.165, 1.54) is 24.4 Å². The number of hydrogen-bond donors (Lipinski definition) is 1. The molecule has 0 saturated heterocycles. The molecule has 2 aromatic carbocycles. The van der Waals surface area contributed by atoms with E-state index >= 15 is 0 Å². The molecule has 1 N–H and O–H groups in total. The number of alkyl halides is 3. The number of carbonyl (C=O) groups excluding carboxylic acids is 1. The maximum atomic E-state index is 13.6. The van der Waals surface area contributed by atoms with Crippen LogP contribution in [0.4, 0.5) is 17.6 Å². The normalized spacial score (nSPS) is 18.1. The number of amides is 1. The molecule has 1 aliphatic heterocycles. The lowest BCUT2D eigenvalue weighted by Gasteiger charge is -2.37. The van der Waals surface area contributed by atoms with Gasteiger partial charge in [-0.1, -0.05) is 37.0 Å². The van der Waals surface area contributed by atoms with E-state index in [0.717, 1.165) is 12.1 Å². The Hall–Kier alpha value is -3.94. The van der Waals surface area contributed by atoms with Gasteiger partial charge in [0.1, 0.15) is 17.5 Å². The first-order valence-electron chi connectivity index (χ1n) is 13.2. The van der Waals surface area contributed by atoms with Crippen LogP contribution in [-0.4, -0.2) is 64.7 Å². The molecular weight excluding hydrogens is 538 g/mol. The van der Waals surface area contributed by atoms with Gasteiger partial charge < -0.3 is 14.7 Å². The number of aliphatic hydroxyl groups excluding tert-OH is 1. The topological polar surface area (TPSA) is 65.9 Å². The van der Waals surface area contributed by atoms with Gasteiger partial charge in [-0.25, -0.2) is 9.37 Å². The van der Waals surface area contributed by atoms with Crippen molar-refractivity contribution >= 4 is 5.91 Å². The van der Waals surface area contributed by atoms with Gasteiger partial charge in [0.2, 0.25) is 5.88 Å². The van der Waals surface area contributed by atoms with Crippen molar-refractivity contribution in [1.82, 2.24) is 14.8 Å². The molecule has 216 valence electrons. The molecule has 10 heteroatoms. The van der Waals surface area contributed by atoms with Gasteiger partial charge in [0.05, 0.1) is 18.2 Å². The van der Waals surface area contributed by atoms with Crippen LogP contribution in [0.3, 0.4) is 0 Å². The SMILES string of the molecule is C[C@H](CO)N1C[C@H](C)[C@H](CN(C)Cc2cccc(C(F)(F)F)c2)Oc2ncc(C#Cc3ccc(F)cc3)cc2C1=O. The molecule has 3 aromatic rings. The number of ether oxygens (including phenoxy) is 1. The molecule has 3 atom stereocenters. The third kappa shape index (κ3) is 7.63. The summed E-state index contributed by atoms with van der Waals surface area (Å²) in [6, 6.07) is 12.0. The summed E-state index contributed by atoms with van der Waals surface area (Å²) in [6.07, 6.45) is -3.41. The predicted octanol–water partition coefficient (Wildman–Crippen LogP) is 4.99. The Morgan fingerprint density at radius 2 is 1.85 bits per heavy atom. The van der Waals surface area contributed by atoms with Crippen molar-refractivity contribution < 1.29 is 32.2 Å². The molecule has 0 spiro atoms. The maximum Gasteiger partial charge on any atom is 0.416 e. The molecule has 4 rings (SSSR count). The van der Waals surface area contributed by atoms with Gasteiger partial charge in [0, 0.05) is 42.9 Å². The Kier molecular flexibility index (Phi) is 9.31. The minimum Gasteiger partial charge on any atom is -0.472 e. The van der Waals surface area contributed by atoms with Crippen molar-refractivity contribution in [3.05, 3.63) is 94.4 Å². The molecule has 1 aliphatic rings. The van der Waals surface area contributed by atoms with E-state index in [0.29, 0.717) is 23.2 Å². The summed E-state index contributed by atoms with van der Waals surface area (Å²) in [6.45, 7) is 4.30. The van der Waals surface area contributed by atoms with Crippen LogP contribution in [0, 0.1) is 23.6 Å². The Morgan fingerprint density at radius 3 is 2.54 bits per heavy atom. The first-order chi connectivity index (χ1) is 19.4. The average Bonchev–Trinajstić information content (AvgIpc) is 2.94. The number of likely N-dealkylation sites (N-methyl/N-ethyl adjacent to an activating group) is 1. The molecule has 1 aromatic heterocycles. The number of fused-ring (bicyclic) bond motifs is 1. The monoisotopic (exact) mass is 569 g/mol. The van der Waals surface area contributed by atoms with Crippen molar-refractivity contribution in [3.63, 3.8) is 0 Å². The van der Waals surface area contributed by atoms with E-state index < -0.39 is 23.9 Å². The first-order valence-corrected chi connectivity index (χ1v) is 13.2. The zero-order chi connectivity index (χ0) is 29.7. The quantitative estimate of drug-likeness (QED) is 0.335. The molecule has 0 fully saturated rings. The molecule has 2 heterocycles. The predicted molar refractivity (Wildman–Crippen MR) is 146 cm³/mol. The standard InChI is InChI=1S/C31H31F4N3O3/c1-20-16-38(21(2)19-39)30(40)27-14-23(8-7-22-9-11-26(32)12-10-22)15-36-29(27)41-28(20)18-37(3)17-24-5-4-6-25(13-24)31(33,34)35/h4-6,9-15,20-21,28,39H,16-19H2,1-3H3/t20-,21+,28-/m0/s1. The molecule has 0 radical (unpaired) electrons. The Morgan fingerprint density at radius 1 is 1.15 bits per heavy atom. The second-order valence-corrected chi connectivity index (χ2v) is 10.4. The minimum atomic E-state index is -4.43. The Balaban J connectivity index is 1.60. The zero-order valence-corrected chi connectivity index (χ0v) is 23.0. The number of aliphatic hydroxyl groups is 1. The van der Waals surface area contributed by atoms with Crippen molar-refractivity contribution in [1.29, 1.82) is 0 Å². The molecule has 6 nitrogen and oxygen atoms in total. The summed E-state index contributed by atoms with van der Waals surface area (Å²) >= 11 is 0. The fourth-order valence-corrected chi connectivity index (χ4v) is 4.60. The van der Waals surface area contributed by atoms with Crippen molar-refractivity contribution in [2.45, 2.75) is 38.7 Å². The van der Waals surface area contributed by atoms with Crippen LogP contribution in [0.25, 0.3) is 0 Å². The number of halogens is 4. The highest BCUT2D eigenvalue weighted by Crippen LogP contribution is 2.30. The molecule has 0 aliphatic carbocycles. The molecule has 0 unspecified atom stereocenters. The Labute approximate surface area is 236 Å². The van der Waals surface area contributed by atoms with Crippen LogP contribution in [0.5, 0.6) is 5.88 Å². The summed E-state index contributed by atoms with van der Waals surface area (Å²) in [5.74, 6) is 5.05. The van der Waals surface area contributed by atoms with E-state index in [1.54, 1.807) is 43.1 Å². The van der Waals surface area contributed by atoms with Gasteiger partial charge >= 0.3 is 6.18 Å². The summed E-state index contributed by atoms with van der Waals surface area (Å²) in [4.78, 5) is 21.4. The van der Waals surface area contributed by atoms with Crippen LogP contribution in [0.15, 0.2) is 60.8 Å². The number of benzene rings is 2. The van der Waals surface area contributed by atoms with Gasteiger partial charge in [-0.3, -0.25) is 9.69 Å². The molecular formula is C31H31F4N3O3. The van der Waals surface area contributed by atoms with Gasteiger partial charge in [0.25, 0.3) is 5.91 Å². The summed E-state index contributed by atoms with van der Waals surface area (Å²) in [5, 5.41) is 9.86. The third-order valence-electron chi connectivity index (χ3n) is 6.91. The summed E-state index contributed by atoms with van der Waals surface area (Å²) in [7, 11) is 1.79. The highest BCUT2D eigenvalue weighted by atomic mass is 19.4. The van der Waals surface area contributed by atoms with Crippen molar-refractivity contribution in [2.24, 2.45) is 5.92 Å².